The van der Waals surface area contributed by atoms with Crippen molar-refractivity contribution in [3.8, 4) is 0 Å². The third kappa shape index (κ3) is 3.66. The highest BCUT2D eigenvalue weighted by molar-refractivity contribution is 7.08. The average molecular weight is 341 g/mol. The quantitative estimate of drug-likeness (QED) is 0.747. The van der Waals surface area contributed by atoms with Crippen LogP contribution < -0.4 is 10.6 Å². The molecular formula is C16H15N5O2S. The van der Waals surface area contributed by atoms with Gasteiger partial charge in [0.1, 0.15) is 18.7 Å². The fourth-order valence-electron chi connectivity index (χ4n) is 2.02. The van der Waals surface area contributed by atoms with Crippen molar-refractivity contribution in [2.24, 2.45) is 0 Å². The van der Waals surface area contributed by atoms with Crippen LogP contribution in [-0.4, -0.2) is 26.6 Å². The van der Waals surface area contributed by atoms with Crippen LogP contribution in [-0.2, 0) is 4.79 Å². The molecule has 8 heteroatoms. The molecule has 0 aliphatic carbocycles. The van der Waals surface area contributed by atoms with Gasteiger partial charge in [0.2, 0.25) is 5.91 Å². The highest BCUT2D eigenvalue weighted by Gasteiger charge is 2.15. The number of nitrogens with zero attached hydrogens (tertiary/aromatic N) is 3. The molecule has 2 heterocycles. The Balaban J connectivity index is 1.60. The second-order valence-electron chi connectivity index (χ2n) is 5.08. The van der Waals surface area contributed by atoms with Gasteiger partial charge in [-0.3, -0.25) is 9.59 Å². The molecule has 1 atom stereocenters. The lowest BCUT2D eigenvalue weighted by molar-refractivity contribution is -0.119. The Morgan fingerprint density at radius 2 is 1.83 bits per heavy atom. The molecule has 2 N–H and O–H groups in total. The van der Waals surface area contributed by atoms with Gasteiger partial charge in [0, 0.05) is 16.8 Å². The lowest BCUT2D eigenvalue weighted by Crippen LogP contribution is -2.24. The van der Waals surface area contributed by atoms with Gasteiger partial charge in [-0.15, -0.1) is 0 Å². The van der Waals surface area contributed by atoms with Crippen molar-refractivity contribution in [2.45, 2.75) is 13.0 Å². The second kappa shape index (κ2) is 7.05. The zero-order chi connectivity index (χ0) is 16.9. The van der Waals surface area contributed by atoms with E-state index in [9.17, 15) is 9.59 Å². The molecule has 1 unspecified atom stereocenters. The van der Waals surface area contributed by atoms with E-state index in [1.54, 1.807) is 42.6 Å². The molecule has 0 aliphatic heterocycles. The summed E-state index contributed by atoms with van der Waals surface area (Å²) >= 11 is 1.47. The van der Waals surface area contributed by atoms with Crippen LogP contribution in [0.4, 0.5) is 11.4 Å². The molecule has 3 aromatic rings. The van der Waals surface area contributed by atoms with Gasteiger partial charge in [0.05, 0.1) is 5.56 Å². The maximum absolute atomic E-state index is 12.2. The fourth-order valence-corrected chi connectivity index (χ4v) is 2.65. The van der Waals surface area contributed by atoms with Gasteiger partial charge in [-0.1, -0.05) is 0 Å². The summed E-state index contributed by atoms with van der Waals surface area (Å²) in [6.07, 6.45) is 2.88. The number of anilines is 2. The minimum Gasteiger partial charge on any atom is -0.324 e. The van der Waals surface area contributed by atoms with Gasteiger partial charge in [0.25, 0.3) is 5.91 Å². The summed E-state index contributed by atoms with van der Waals surface area (Å²) in [6.45, 7) is 1.74. The third-order valence-electron chi connectivity index (χ3n) is 3.41. The van der Waals surface area contributed by atoms with Crippen LogP contribution >= 0.6 is 11.3 Å². The first-order valence-corrected chi connectivity index (χ1v) is 8.16. The van der Waals surface area contributed by atoms with Gasteiger partial charge < -0.3 is 10.6 Å². The minimum atomic E-state index is -0.467. The second-order valence-corrected chi connectivity index (χ2v) is 5.86. The first-order valence-electron chi connectivity index (χ1n) is 7.22. The normalized spacial score (nSPS) is 11.7. The SMILES string of the molecule is CC(C(=O)Nc1ccc(NC(=O)c2ccsc2)cc1)n1cncn1. The first kappa shape index (κ1) is 15.9. The van der Waals surface area contributed by atoms with E-state index in [0.29, 0.717) is 16.9 Å². The Morgan fingerprint density at radius 3 is 2.42 bits per heavy atom. The third-order valence-corrected chi connectivity index (χ3v) is 4.09. The van der Waals surface area contributed by atoms with Crippen LogP contribution in [0.5, 0.6) is 0 Å². The maximum atomic E-state index is 12.2. The highest BCUT2D eigenvalue weighted by Crippen LogP contribution is 2.17. The van der Waals surface area contributed by atoms with Crippen molar-refractivity contribution in [1.29, 1.82) is 0 Å². The van der Waals surface area contributed by atoms with Crippen molar-refractivity contribution in [3.05, 3.63) is 59.3 Å². The van der Waals surface area contributed by atoms with Crippen molar-refractivity contribution in [3.63, 3.8) is 0 Å². The summed E-state index contributed by atoms with van der Waals surface area (Å²) in [7, 11) is 0. The molecule has 0 fully saturated rings. The zero-order valence-corrected chi connectivity index (χ0v) is 13.7. The van der Waals surface area contributed by atoms with Gasteiger partial charge >= 0.3 is 0 Å². The number of rotatable bonds is 5. The Bertz CT molecular complexity index is 813. The number of carbonyl (C=O) groups excluding carboxylic acids is 2. The minimum absolute atomic E-state index is 0.159. The van der Waals surface area contributed by atoms with Crippen molar-refractivity contribution in [1.82, 2.24) is 14.8 Å². The number of aromatic nitrogens is 3. The first-order chi connectivity index (χ1) is 11.6. The lowest BCUT2D eigenvalue weighted by atomic mass is 10.2. The Morgan fingerprint density at radius 1 is 1.12 bits per heavy atom. The van der Waals surface area contributed by atoms with E-state index in [1.807, 2.05) is 5.38 Å². The highest BCUT2D eigenvalue weighted by atomic mass is 32.1. The van der Waals surface area contributed by atoms with E-state index in [-0.39, 0.29) is 11.8 Å². The van der Waals surface area contributed by atoms with Gasteiger partial charge in [-0.05, 0) is 42.6 Å². The summed E-state index contributed by atoms with van der Waals surface area (Å²) < 4.78 is 1.48. The summed E-state index contributed by atoms with van der Waals surface area (Å²) in [4.78, 5) is 28.0. The van der Waals surface area contributed by atoms with E-state index >= 15 is 0 Å². The molecule has 0 bridgehead atoms. The molecule has 3 rings (SSSR count). The molecular weight excluding hydrogens is 326 g/mol. The number of hydrogen-bond donors (Lipinski definition) is 2. The van der Waals surface area contributed by atoms with Crippen molar-refractivity contribution >= 4 is 34.5 Å². The standard InChI is InChI=1S/C16H15N5O2S/c1-11(21-10-17-9-18-21)15(22)19-13-2-4-14(5-3-13)20-16(23)12-6-7-24-8-12/h2-11H,1H3,(H,19,22)(H,20,23). The summed E-state index contributed by atoms with van der Waals surface area (Å²) in [6, 6.07) is 8.23. The number of benzene rings is 1. The molecule has 0 aliphatic rings. The molecule has 0 radical (unpaired) electrons. The maximum Gasteiger partial charge on any atom is 0.256 e. The van der Waals surface area contributed by atoms with E-state index in [2.05, 4.69) is 20.7 Å². The molecule has 0 spiro atoms. The smallest absolute Gasteiger partial charge is 0.256 e. The Kier molecular flexibility index (Phi) is 4.66. The van der Waals surface area contributed by atoms with Crippen LogP contribution in [0.15, 0.2) is 53.7 Å². The predicted octanol–water partition coefficient (Wildman–Crippen LogP) is 2.79. The van der Waals surface area contributed by atoms with E-state index in [0.717, 1.165) is 0 Å². The van der Waals surface area contributed by atoms with Gasteiger partial charge in [0.15, 0.2) is 0 Å². The van der Waals surface area contributed by atoms with Gasteiger partial charge in [-0.25, -0.2) is 9.67 Å². The van der Waals surface area contributed by atoms with E-state index in [1.165, 1.54) is 28.7 Å². The van der Waals surface area contributed by atoms with E-state index < -0.39 is 6.04 Å². The molecule has 7 nitrogen and oxygen atoms in total. The molecule has 0 saturated carbocycles. The van der Waals surface area contributed by atoms with E-state index in [4.69, 9.17) is 0 Å². The number of amides is 2. The predicted molar refractivity (Wildman–Crippen MR) is 92.1 cm³/mol. The summed E-state index contributed by atoms with van der Waals surface area (Å²) in [5.41, 5.74) is 1.92. The summed E-state index contributed by atoms with van der Waals surface area (Å²) in [5.74, 6) is -0.358. The molecule has 24 heavy (non-hydrogen) atoms. The monoisotopic (exact) mass is 341 g/mol. The molecule has 1 aromatic carbocycles. The van der Waals surface area contributed by atoms with Crippen LogP contribution in [0.1, 0.15) is 23.3 Å². The topological polar surface area (TPSA) is 88.9 Å². The van der Waals surface area contributed by atoms with Gasteiger partial charge in [-0.2, -0.15) is 16.4 Å². The number of carbonyl (C=O) groups is 2. The van der Waals surface area contributed by atoms with Crippen LogP contribution in [0.2, 0.25) is 0 Å². The Labute approximate surface area is 142 Å². The molecule has 2 amide bonds. The molecule has 2 aromatic heterocycles. The average Bonchev–Trinajstić information content (AvgIpc) is 3.29. The van der Waals surface area contributed by atoms with Crippen molar-refractivity contribution in [2.75, 3.05) is 10.6 Å². The Hall–Kier alpha value is -3.00. The number of hydrogen-bond acceptors (Lipinski definition) is 5. The lowest BCUT2D eigenvalue weighted by Gasteiger charge is -2.12. The van der Waals surface area contributed by atoms with Crippen LogP contribution in [0.25, 0.3) is 0 Å². The van der Waals surface area contributed by atoms with Crippen molar-refractivity contribution < 1.29 is 9.59 Å². The number of thiophene rings is 1. The molecule has 122 valence electrons. The number of nitrogens with one attached hydrogen (secondary N) is 2. The largest absolute Gasteiger partial charge is 0.324 e. The van der Waals surface area contributed by atoms with Crippen LogP contribution in [0, 0.1) is 0 Å². The van der Waals surface area contributed by atoms with Crippen LogP contribution in [0.3, 0.4) is 0 Å². The molecule has 0 saturated heterocycles. The summed E-state index contributed by atoms with van der Waals surface area (Å²) in [5, 5.41) is 13.2. The fraction of sp³-hybridized carbons (Fsp3) is 0.125. The zero-order valence-electron chi connectivity index (χ0n) is 12.8.